The summed E-state index contributed by atoms with van der Waals surface area (Å²) in [5.74, 6) is -1.73. The third-order valence-electron chi connectivity index (χ3n) is 8.99. The molecule has 0 aromatic carbocycles. The second-order valence-electron chi connectivity index (χ2n) is 14.5. The minimum absolute atomic E-state index is 0.0479. The topological polar surface area (TPSA) is 102 Å². The molecule has 2 unspecified atom stereocenters. The zero-order valence-corrected chi connectivity index (χ0v) is 31.5. The Balaban J connectivity index is 4.29. The summed E-state index contributed by atoms with van der Waals surface area (Å²) in [5.41, 5.74) is 0. The van der Waals surface area contributed by atoms with Crippen LogP contribution in [0.4, 0.5) is 0 Å². The number of unbranched alkanes of at least 4 members (excludes halogenated alkanes) is 21. The average molecular weight is 670 g/mol. The van der Waals surface area contributed by atoms with E-state index in [9.17, 15) is 19.5 Å². The van der Waals surface area contributed by atoms with E-state index in [1.807, 2.05) is 0 Å². The maximum atomic E-state index is 12.6. The molecule has 0 aliphatic carbocycles. The van der Waals surface area contributed by atoms with Gasteiger partial charge in [-0.1, -0.05) is 149 Å². The highest BCUT2D eigenvalue weighted by Crippen LogP contribution is 2.15. The molecule has 0 aliphatic rings. The van der Waals surface area contributed by atoms with Crippen LogP contribution >= 0.6 is 0 Å². The van der Waals surface area contributed by atoms with E-state index in [4.69, 9.17) is 14.2 Å². The number of hydrogen-bond acceptors (Lipinski definition) is 7. The van der Waals surface area contributed by atoms with Gasteiger partial charge in [-0.3, -0.25) is 9.59 Å². The molecule has 0 bridgehead atoms. The van der Waals surface area contributed by atoms with Gasteiger partial charge in [-0.25, -0.2) is 0 Å². The number of hydrogen-bond donors (Lipinski definition) is 0. The average Bonchev–Trinajstić information content (AvgIpc) is 3.01. The number of rotatable bonds is 35. The standard InChI is InChI=1S/C39H75NO7/c1-6-8-10-12-14-15-16-17-18-19-20-21-22-24-26-28-30-38(42)47-35(33-45-32-31-36(39(43)44)40(3,4)5)34-46-37(41)29-27-25-23-13-11-9-7-2/h35-36H,6-34H2,1-5H3. The summed E-state index contributed by atoms with van der Waals surface area (Å²) in [7, 11) is 5.40. The van der Waals surface area contributed by atoms with Gasteiger partial charge in [0.1, 0.15) is 12.6 Å². The van der Waals surface area contributed by atoms with Crippen molar-refractivity contribution in [3.05, 3.63) is 0 Å². The minimum atomic E-state index is -1.12. The predicted molar refractivity (Wildman–Crippen MR) is 190 cm³/mol. The molecule has 0 saturated heterocycles. The number of nitrogens with zero attached hydrogens (tertiary/aromatic N) is 1. The summed E-state index contributed by atoms with van der Waals surface area (Å²) in [6.07, 6.45) is 28.5. The van der Waals surface area contributed by atoms with Crippen LogP contribution < -0.4 is 5.11 Å². The molecule has 0 radical (unpaired) electrons. The third-order valence-corrected chi connectivity index (χ3v) is 8.99. The van der Waals surface area contributed by atoms with E-state index < -0.39 is 18.1 Å². The molecule has 0 fully saturated rings. The summed E-state index contributed by atoms with van der Waals surface area (Å²) in [5, 5.41) is 11.6. The Morgan fingerprint density at radius 1 is 0.553 bits per heavy atom. The predicted octanol–water partition coefficient (Wildman–Crippen LogP) is 8.47. The molecule has 8 heteroatoms. The monoisotopic (exact) mass is 670 g/mol. The molecule has 0 aromatic heterocycles. The van der Waals surface area contributed by atoms with Crippen LogP contribution in [0.15, 0.2) is 0 Å². The van der Waals surface area contributed by atoms with Crippen LogP contribution in [-0.2, 0) is 28.6 Å². The van der Waals surface area contributed by atoms with Crippen LogP contribution in [0.1, 0.15) is 181 Å². The van der Waals surface area contributed by atoms with Crippen molar-refractivity contribution in [1.82, 2.24) is 0 Å². The summed E-state index contributed by atoms with van der Waals surface area (Å²) < 4.78 is 17.0. The van der Waals surface area contributed by atoms with E-state index in [1.54, 1.807) is 21.1 Å². The van der Waals surface area contributed by atoms with Crippen LogP contribution in [0.25, 0.3) is 0 Å². The molecule has 0 aliphatic heterocycles. The number of carboxylic acid groups (broad SMARTS) is 1. The molecule has 278 valence electrons. The first-order valence-electron chi connectivity index (χ1n) is 19.6. The van der Waals surface area contributed by atoms with E-state index in [1.165, 1.54) is 109 Å². The number of esters is 2. The minimum Gasteiger partial charge on any atom is -0.544 e. The molecule has 0 heterocycles. The van der Waals surface area contributed by atoms with Gasteiger partial charge in [0.2, 0.25) is 0 Å². The van der Waals surface area contributed by atoms with Crippen molar-refractivity contribution in [2.75, 3.05) is 41.0 Å². The van der Waals surface area contributed by atoms with Crippen LogP contribution in [0.5, 0.6) is 0 Å². The van der Waals surface area contributed by atoms with E-state index in [-0.39, 0.29) is 42.7 Å². The second kappa shape index (κ2) is 31.6. The first kappa shape index (κ1) is 45.3. The number of carbonyl (C=O) groups excluding carboxylic acids is 3. The fourth-order valence-electron chi connectivity index (χ4n) is 5.89. The van der Waals surface area contributed by atoms with E-state index in [0.29, 0.717) is 12.8 Å². The zero-order chi connectivity index (χ0) is 35.0. The molecular weight excluding hydrogens is 594 g/mol. The third kappa shape index (κ3) is 30.1. The lowest BCUT2D eigenvalue weighted by Gasteiger charge is -2.34. The molecule has 0 saturated carbocycles. The molecule has 0 spiro atoms. The SMILES string of the molecule is CCCCCCCCCCCCCCCCCCC(=O)OC(COCCC(C(=O)[O-])[N+](C)(C)C)COC(=O)CCCCCCCCC. The maximum absolute atomic E-state index is 12.6. The highest BCUT2D eigenvalue weighted by molar-refractivity contribution is 5.70. The summed E-state index contributed by atoms with van der Waals surface area (Å²) >= 11 is 0. The van der Waals surface area contributed by atoms with Gasteiger partial charge in [-0.2, -0.15) is 0 Å². The van der Waals surface area contributed by atoms with Crippen molar-refractivity contribution in [1.29, 1.82) is 0 Å². The van der Waals surface area contributed by atoms with Crippen LogP contribution in [0, 0.1) is 0 Å². The quantitative estimate of drug-likeness (QED) is 0.0379. The largest absolute Gasteiger partial charge is 0.544 e. The van der Waals surface area contributed by atoms with Gasteiger partial charge < -0.3 is 28.6 Å². The summed E-state index contributed by atoms with van der Waals surface area (Å²) in [6.45, 7) is 4.63. The Morgan fingerprint density at radius 3 is 1.32 bits per heavy atom. The van der Waals surface area contributed by atoms with Gasteiger partial charge in [0.15, 0.2) is 6.10 Å². The van der Waals surface area contributed by atoms with Gasteiger partial charge in [-0.15, -0.1) is 0 Å². The number of ether oxygens (including phenoxy) is 3. The number of carboxylic acids is 1. The molecule has 8 nitrogen and oxygen atoms in total. The van der Waals surface area contributed by atoms with Crippen molar-refractivity contribution in [3.8, 4) is 0 Å². The highest BCUT2D eigenvalue weighted by Gasteiger charge is 2.25. The van der Waals surface area contributed by atoms with Gasteiger partial charge >= 0.3 is 11.9 Å². The van der Waals surface area contributed by atoms with Gasteiger partial charge in [0.25, 0.3) is 0 Å². The Hall–Kier alpha value is -1.67. The zero-order valence-electron chi connectivity index (χ0n) is 31.5. The van der Waals surface area contributed by atoms with Crippen LogP contribution in [-0.4, -0.2) is 75.5 Å². The van der Waals surface area contributed by atoms with Gasteiger partial charge in [0.05, 0.1) is 40.3 Å². The Kier molecular flexibility index (Phi) is 30.5. The van der Waals surface area contributed by atoms with Crippen molar-refractivity contribution in [3.63, 3.8) is 0 Å². The summed E-state index contributed by atoms with van der Waals surface area (Å²) in [4.78, 5) is 36.5. The first-order chi connectivity index (χ1) is 22.6. The van der Waals surface area contributed by atoms with Crippen molar-refractivity contribution in [2.24, 2.45) is 0 Å². The number of aliphatic carboxylic acids is 1. The van der Waals surface area contributed by atoms with Crippen molar-refractivity contribution < 1.29 is 38.2 Å². The first-order valence-corrected chi connectivity index (χ1v) is 19.6. The Bertz CT molecular complexity index is 752. The molecule has 0 amide bonds. The number of likely N-dealkylation sites (N-methyl/N-ethyl adjacent to an activating group) is 1. The molecule has 0 aromatic rings. The Morgan fingerprint density at radius 2 is 0.936 bits per heavy atom. The van der Waals surface area contributed by atoms with Gasteiger partial charge in [0, 0.05) is 19.3 Å². The highest BCUT2D eigenvalue weighted by atomic mass is 16.6. The summed E-state index contributed by atoms with van der Waals surface area (Å²) in [6, 6.07) is -0.717. The fraction of sp³-hybridized carbons (Fsp3) is 0.923. The normalized spacial score (nSPS) is 13.0. The fourth-order valence-corrected chi connectivity index (χ4v) is 5.89. The molecule has 0 rings (SSSR count). The van der Waals surface area contributed by atoms with Crippen molar-refractivity contribution >= 4 is 17.9 Å². The molecule has 2 atom stereocenters. The lowest BCUT2D eigenvalue weighted by atomic mass is 10.0. The maximum Gasteiger partial charge on any atom is 0.306 e. The van der Waals surface area contributed by atoms with E-state index in [2.05, 4.69) is 13.8 Å². The Labute approximate surface area is 289 Å². The van der Waals surface area contributed by atoms with E-state index >= 15 is 0 Å². The second-order valence-corrected chi connectivity index (χ2v) is 14.5. The van der Waals surface area contributed by atoms with Crippen LogP contribution in [0.3, 0.4) is 0 Å². The van der Waals surface area contributed by atoms with Crippen molar-refractivity contribution in [2.45, 2.75) is 193 Å². The number of carbonyl (C=O) groups is 3. The van der Waals surface area contributed by atoms with Gasteiger partial charge in [-0.05, 0) is 12.8 Å². The molecular formula is C39H75NO7. The lowest BCUT2D eigenvalue weighted by Crippen LogP contribution is -2.55. The number of quaternary nitrogens is 1. The lowest BCUT2D eigenvalue weighted by molar-refractivity contribution is -0.889. The smallest absolute Gasteiger partial charge is 0.306 e. The molecule has 47 heavy (non-hydrogen) atoms. The van der Waals surface area contributed by atoms with Crippen LogP contribution in [0.2, 0.25) is 0 Å². The molecule has 0 N–H and O–H groups in total. The van der Waals surface area contributed by atoms with E-state index in [0.717, 1.165) is 38.5 Å².